The summed E-state index contributed by atoms with van der Waals surface area (Å²) in [5, 5.41) is 13.8. The molecule has 3 heterocycles. The number of carbonyl (C=O) groups is 1. The van der Waals surface area contributed by atoms with Crippen LogP contribution in [0.15, 0.2) is 0 Å². The lowest BCUT2D eigenvalue weighted by Crippen LogP contribution is -2.48. The summed E-state index contributed by atoms with van der Waals surface area (Å²) in [7, 11) is 3.89. The first-order valence-corrected chi connectivity index (χ1v) is 10.4. The fourth-order valence-electron chi connectivity index (χ4n) is 4.47. The molecule has 2 aliphatic rings. The molecule has 0 saturated carbocycles. The fraction of sp³-hybridized carbons (Fsp3) is 0.722. The van der Waals surface area contributed by atoms with Gasteiger partial charge in [-0.05, 0) is 63.6 Å². The van der Waals surface area contributed by atoms with Crippen LogP contribution in [0.1, 0.15) is 44.6 Å². The summed E-state index contributed by atoms with van der Waals surface area (Å²) in [4.78, 5) is 16.7. The molecule has 4 atom stereocenters. The molecule has 0 radical (unpaired) electrons. The van der Waals surface area contributed by atoms with Gasteiger partial charge in [-0.3, -0.25) is 9.69 Å². The van der Waals surface area contributed by atoms with Crippen LogP contribution in [0.3, 0.4) is 0 Å². The number of halogens is 1. The molecule has 2 bridgehead atoms. The van der Waals surface area contributed by atoms with E-state index in [1.54, 1.807) is 0 Å². The predicted molar refractivity (Wildman–Crippen MR) is 105 cm³/mol. The van der Waals surface area contributed by atoms with Gasteiger partial charge in [0.25, 0.3) is 0 Å². The van der Waals surface area contributed by atoms with Crippen molar-refractivity contribution < 1.29 is 4.79 Å². The van der Waals surface area contributed by atoms with E-state index in [0.29, 0.717) is 28.7 Å². The van der Waals surface area contributed by atoms with Gasteiger partial charge in [-0.1, -0.05) is 18.5 Å². The highest BCUT2D eigenvalue weighted by molar-refractivity contribution is 7.10. The molecule has 142 valence electrons. The second-order valence-corrected chi connectivity index (χ2v) is 8.64. The monoisotopic (exact) mass is 395 g/mol. The van der Waals surface area contributed by atoms with E-state index in [1.165, 1.54) is 11.5 Å². The van der Waals surface area contributed by atoms with Crippen LogP contribution in [0.25, 0.3) is 0 Å². The molecule has 2 aliphatic heterocycles. The van der Waals surface area contributed by atoms with Crippen LogP contribution < -0.4 is 10.2 Å². The number of aromatic nitrogens is 1. The average Bonchev–Trinajstić information content (AvgIpc) is 3.09. The third-order valence-electron chi connectivity index (χ3n) is 5.69. The molecule has 0 aliphatic carbocycles. The molecule has 8 heteroatoms. The molecule has 1 amide bonds. The summed E-state index contributed by atoms with van der Waals surface area (Å²) in [5.74, 6) is 0.606. The highest BCUT2D eigenvalue weighted by Gasteiger charge is 2.42. The van der Waals surface area contributed by atoms with E-state index < -0.39 is 0 Å². The number of likely N-dealkylation sites (N-methyl/N-ethyl adjacent to an activating group) is 1. The Morgan fingerprint density at radius 2 is 2.12 bits per heavy atom. The normalized spacial score (nSPS) is 26.0. The van der Waals surface area contributed by atoms with Gasteiger partial charge >= 0.3 is 0 Å². The van der Waals surface area contributed by atoms with Crippen LogP contribution in [0, 0.1) is 17.2 Å². The first-order chi connectivity index (χ1) is 12.5. The lowest BCUT2D eigenvalue weighted by Gasteiger charge is -2.39. The first-order valence-electron chi connectivity index (χ1n) is 9.23. The molecular weight excluding hydrogens is 370 g/mol. The number of hydrogen-bond acceptors (Lipinski definition) is 6. The molecule has 26 heavy (non-hydrogen) atoms. The summed E-state index contributed by atoms with van der Waals surface area (Å²) < 4.78 is 4.16. The number of piperidine rings is 1. The van der Waals surface area contributed by atoms with Gasteiger partial charge in [0.1, 0.15) is 16.6 Å². The molecule has 2 fully saturated rings. The number of nitriles is 1. The number of hydrogen-bond donors (Lipinski definition) is 1. The van der Waals surface area contributed by atoms with Crippen molar-refractivity contribution in [2.75, 3.05) is 25.5 Å². The van der Waals surface area contributed by atoms with Gasteiger partial charge in [0, 0.05) is 18.6 Å². The van der Waals surface area contributed by atoms with Gasteiger partial charge in [-0.15, -0.1) is 0 Å². The zero-order chi connectivity index (χ0) is 18.8. The van der Waals surface area contributed by atoms with Crippen molar-refractivity contribution in [3.8, 4) is 6.07 Å². The number of carbonyl (C=O) groups excluding carboxylic acids is 1. The quantitative estimate of drug-likeness (QED) is 0.801. The summed E-state index contributed by atoms with van der Waals surface area (Å²) in [5.41, 5.74) is 0.511. The summed E-state index contributed by atoms with van der Waals surface area (Å²) in [6.45, 7) is 2.77. The fourth-order valence-corrected chi connectivity index (χ4v) is 5.64. The smallest absolute Gasteiger partial charge is 0.237 e. The molecule has 1 aromatic heterocycles. The Balaban J connectivity index is 1.62. The Hall–Kier alpha value is -1.36. The van der Waals surface area contributed by atoms with E-state index in [-0.39, 0.29) is 11.9 Å². The second-order valence-electron chi connectivity index (χ2n) is 7.53. The van der Waals surface area contributed by atoms with E-state index in [1.807, 2.05) is 25.9 Å². The summed E-state index contributed by atoms with van der Waals surface area (Å²) in [6.07, 6.45) is 5.15. The number of amides is 1. The van der Waals surface area contributed by atoms with E-state index in [4.69, 9.17) is 11.6 Å². The van der Waals surface area contributed by atoms with Crippen LogP contribution in [-0.2, 0) is 4.79 Å². The number of fused-ring (bicyclic) bond motifs is 2. The number of anilines is 1. The molecular formula is C18H26ClN5OS. The highest BCUT2D eigenvalue weighted by Crippen LogP contribution is 2.45. The zero-order valence-corrected chi connectivity index (χ0v) is 17.1. The summed E-state index contributed by atoms with van der Waals surface area (Å²) in [6, 6.07) is 2.96. The van der Waals surface area contributed by atoms with Crippen molar-refractivity contribution in [3.63, 3.8) is 0 Å². The van der Waals surface area contributed by atoms with E-state index in [2.05, 4.69) is 20.7 Å². The standard InChI is InChI=1S/C18H26ClN5OS/c1-4-15(23(2)3)17(25)21-10-11-7-12-5-6-13(8-11)24(12)18-14(9-20)16(19)22-26-18/h11-13,15H,4-8,10H2,1-3H3,(H,21,25)/t11?,12-,13+,15?. The molecule has 6 nitrogen and oxygen atoms in total. The topological polar surface area (TPSA) is 72.3 Å². The third kappa shape index (κ3) is 3.68. The van der Waals surface area contributed by atoms with Crippen molar-refractivity contribution in [2.24, 2.45) is 5.92 Å². The van der Waals surface area contributed by atoms with Gasteiger partial charge in [0.05, 0.1) is 6.04 Å². The largest absolute Gasteiger partial charge is 0.355 e. The maximum absolute atomic E-state index is 12.4. The van der Waals surface area contributed by atoms with Crippen LogP contribution in [0.4, 0.5) is 5.00 Å². The predicted octanol–water partition coefficient (Wildman–Crippen LogP) is 2.87. The first kappa shape index (κ1) is 19.4. The highest BCUT2D eigenvalue weighted by atomic mass is 35.5. The Kier molecular flexibility index (Phi) is 6.06. The molecule has 2 unspecified atom stereocenters. The zero-order valence-electron chi connectivity index (χ0n) is 15.5. The van der Waals surface area contributed by atoms with Crippen molar-refractivity contribution in [3.05, 3.63) is 10.7 Å². The van der Waals surface area contributed by atoms with Crippen molar-refractivity contribution in [1.82, 2.24) is 14.6 Å². The Morgan fingerprint density at radius 3 is 2.65 bits per heavy atom. The van der Waals surface area contributed by atoms with Gasteiger partial charge in [-0.2, -0.15) is 9.64 Å². The van der Waals surface area contributed by atoms with Crippen LogP contribution in [0.5, 0.6) is 0 Å². The Morgan fingerprint density at radius 1 is 1.46 bits per heavy atom. The maximum atomic E-state index is 12.4. The number of nitrogens with one attached hydrogen (secondary N) is 1. The SMILES string of the molecule is CCC(C(=O)NCC1C[C@H]2CC[C@@H](C1)N2c1snc(Cl)c1C#N)N(C)C. The van der Waals surface area contributed by atoms with Crippen LogP contribution >= 0.6 is 23.1 Å². The average molecular weight is 396 g/mol. The van der Waals surface area contributed by atoms with Crippen LogP contribution in [-0.4, -0.2) is 53.9 Å². The lowest BCUT2D eigenvalue weighted by molar-refractivity contribution is -0.125. The van der Waals surface area contributed by atoms with Crippen LogP contribution in [0.2, 0.25) is 5.15 Å². The van der Waals surface area contributed by atoms with Gasteiger partial charge in [-0.25, -0.2) is 0 Å². The Bertz CT molecular complexity index is 686. The third-order valence-corrected chi connectivity index (χ3v) is 6.92. The molecule has 0 spiro atoms. The van der Waals surface area contributed by atoms with E-state index >= 15 is 0 Å². The molecule has 0 aromatic carbocycles. The minimum Gasteiger partial charge on any atom is -0.355 e. The van der Waals surface area contributed by atoms with E-state index in [0.717, 1.165) is 43.6 Å². The summed E-state index contributed by atoms with van der Waals surface area (Å²) >= 11 is 7.39. The van der Waals surface area contributed by atoms with E-state index in [9.17, 15) is 10.1 Å². The van der Waals surface area contributed by atoms with Crippen molar-refractivity contribution >= 4 is 34.0 Å². The molecule has 2 saturated heterocycles. The van der Waals surface area contributed by atoms with Gasteiger partial charge < -0.3 is 10.2 Å². The second kappa shape index (κ2) is 8.12. The van der Waals surface area contributed by atoms with Gasteiger partial charge in [0.15, 0.2) is 5.15 Å². The Labute approximate surface area is 164 Å². The lowest BCUT2D eigenvalue weighted by atomic mass is 9.90. The molecule has 1 N–H and O–H groups in total. The molecule has 3 rings (SSSR count). The number of nitrogens with zero attached hydrogens (tertiary/aromatic N) is 4. The van der Waals surface area contributed by atoms with Crippen molar-refractivity contribution in [2.45, 2.75) is 57.2 Å². The molecule has 1 aromatic rings. The minimum absolute atomic E-state index is 0.0654. The van der Waals surface area contributed by atoms with Gasteiger partial charge in [0.2, 0.25) is 5.91 Å². The number of rotatable bonds is 6. The maximum Gasteiger partial charge on any atom is 0.237 e. The minimum atomic E-state index is -0.0654. The van der Waals surface area contributed by atoms with Crippen molar-refractivity contribution in [1.29, 1.82) is 5.26 Å².